The van der Waals surface area contributed by atoms with Crippen LogP contribution in [0.1, 0.15) is 16.5 Å². The van der Waals surface area contributed by atoms with Gasteiger partial charge >= 0.3 is 0 Å². The van der Waals surface area contributed by atoms with E-state index in [1.54, 1.807) is 0 Å². The third-order valence-corrected chi connectivity index (χ3v) is 2.69. The van der Waals surface area contributed by atoms with Gasteiger partial charge < -0.3 is 0 Å². The van der Waals surface area contributed by atoms with Crippen molar-refractivity contribution in [2.45, 2.75) is 5.38 Å². The Morgan fingerprint density at radius 3 is 1.25 bits per heavy atom. The lowest BCUT2D eigenvalue weighted by Crippen LogP contribution is -1.91. The van der Waals surface area contributed by atoms with Crippen LogP contribution < -0.4 is 0 Å². The second-order valence-corrected chi connectivity index (χ2v) is 3.82. The van der Waals surface area contributed by atoms with Gasteiger partial charge in [-0.2, -0.15) is 0 Å². The van der Waals surface area contributed by atoms with E-state index in [9.17, 15) is 0 Å². The van der Waals surface area contributed by atoms with E-state index >= 15 is 0 Å². The Bertz CT molecular complexity index is 495. The van der Waals surface area contributed by atoms with Gasteiger partial charge in [-0.25, -0.2) is 20.4 Å². The lowest BCUT2D eigenvalue weighted by Gasteiger charge is -2.09. The smallest absolute Gasteiger partial charge is 0.222 e. The van der Waals surface area contributed by atoms with Crippen molar-refractivity contribution in [3.05, 3.63) is 71.8 Å². The Balaban J connectivity index is 0.000000520. The first-order chi connectivity index (χ1) is 9.71. The quantitative estimate of drug-likeness (QED) is 0.500. The Hall–Kier alpha value is -2.51. The van der Waals surface area contributed by atoms with Crippen LogP contribution in [0.2, 0.25) is 0 Å². The summed E-state index contributed by atoms with van der Waals surface area (Å²) in [5.41, 5.74) is 2.28. The van der Waals surface area contributed by atoms with Crippen LogP contribution in [0.5, 0.6) is 0 Å². The number of hydrogen-bond acceptors (Lipinski definition) is 4. The second-order valence-electron chi connectivity index (χ2n) is 3.39. The molecule has 0 saturated carbocycles. The minimum Gasteiger partial charge on any atom is -0.222 e. The largest absolute Gasteiger partial charge is 0.231 e. The summed E-state index contributed by atoms with van der Waals surface area (Å²) < 4.78 is 0. The molecule has 0 unspecified atom stereocenters. The highest BCUT2D eigenvalue weighted by Crippen LogP contribution is 2.27. The van der Waals surface area contributed by atoms with Gasteiger partial charge in [0.2, 0.25) is 12.2 Å². The SMILES string of the molecule is ClC(c1ccccc1)c1ccccc1.N=C=O.N=C=O. The highest BCUT2D eigenvalue weighted by atomic mass is 35.5. The molecule has 2 aromatic carbocycles. The summed E-state index contributed by atoms with van der Waals surface area (Å²) in [4.78, 5) is 16.7. The van der Waals surface area contributed by atoms with E-state index in [0.29, 0.717) is 0 Å². The standard InChI is InChI=1S/C13H11Cl.2CHNO/c14-13(11-7-3-1-4-8-11)12-9-5-2-6-10-12;2*2-1-3/h1-10,13H;2*2H. The zero-order valence-corrected chi connectivity index (χ0v) is 11.3. The fourth-order valence-corrected chi connectivity index (χ4v) is 1.73. The third kappa shape index (κ3) is 7.04. The molecule has 2 N–H and O–H groups in total. The van der Waals surface area contributed by atoms with Crippen molar-refractivity contribution in [3.8, 4) is 0 Å². The molecular weight excluding hydrogens is 276 g/mol. The normalized spacial score (nSPS) is 8.10. The predicted molar refractivity (Wildman–Crippen MR) is 77.4 cm³/mol. The first-order valence-corrected chi connectivity index (χ1v) is 5.96. The van der Waals surface area contributed by atoms with Crippen molar-refractivity contribution in [2.24, 2.45) is 0 Å². The maximum Gasteiger partial charge on any atom is 0.231 e. The Morgan fingerprint density at radius 2 is 1.00 bits per heavy atom. The van der Waals surface area contributed by atoms with E-state index in [4.69, 9.17) is 32.0 Å². The molecule has 102 valence electrons. The topological polar surface area (TPSA) is 81.8 Å². The number of hydrogen-bond donors (Lipinski definition) is 2. The summed E-state index contributed by atoms with van der Waals surface area (Å²) in [6.07, 6.45) is 1.50. The van der Waals surface area contributed by atoms with Crippen LogP contribution >= 0.6 is 11.6 Å². The van der Waals surface area contributed by atoms with Crippen LogP contribution in [-0.4, -0.2) is 12.2 Å². The summed E-state index contributed by atoms with van der Waals surface area (Å²) in [6, 6.07) is 20.2. The summed E-state index contributed by atoms with van der Waals surface area (Å²) in [5, 5.41) is 10.8. The molecule has 0 amide bonds. The van der Waals surface area contributed by atoms with Gasteiger partial charge in [0.25, 0.3) is 0 Å². The van der Waals surface area contributed by atoms with Gasteiger partial charge in [0, 0.05) is 0 Å². The number of carbonyl (C=O) groups excluding carboxylic acids is 2. The molecule has 5 heteroatoms. The summed E-state index contributed by atoms with van der Waals surface area (Å²) in [7, 11) is 0. The van der Waals surface area contributed by atoms with Gasteiger partial charge in [0.1, 0.15) is 0 Å². The van der Waals surface area contributed by atoms with Gasteiger partial charge in [-0.05, 0) is 11.1 Å². The average Bonchev–Trinajstić information content (AvgIpc) is 2.50. The molecule has 0 spiro atoms. The van der Waals surface area contributed by atoms with Crippen LogP contribution in [-0.2, 0) is 9.59 Å². The van der Waals surface area contributed by atoms with Crippen molar-refractivity contribution in [2.75, 3.05) is 0 Å². The van der Waals surface area contributed by atoms with Crippen LogP contribution in [0.4, 0.5) is 0 Å². The molecule has 0 heterocycles. The van der Waals surface area contributed by atoms with Crippen LogP contribution in [0.15, 0.2) is 60.7 Å². The summed E-state index contributed by atoms with van der Waals surface area (Å²) >= 11 is 6.33. The van der Waals surface area contributed by atoms with E-state index in [-0.39, 0.29) is 5.38 Å². The minimum absolute atomic E-state index is 0.0441. The van der Waals surface area contributed by atoms with Crippen molar-refractivity contribution in [1.82, 2.24) is 0 Å². The maximum atomic E-state index is 8.35. The molecule has 0 atom stereocenters. The van der Waals surface area contributed by atoms with Crippen LogP contribution in [0, 0.1) is 10.8 Å². The molecule has 0 aliphatic heterocycles. The number of halogens is 1. The fraction of sp³-hybridized carbons (Fsp3) is 0.0667. The van der Waals surface area contributed by atoms with Crippen molar-refractivity contribution >= 4 is 23.8 Å². The first-order valence-electron chi connectivity index (χ1n) is 5.53. The van der Waals surface area contributed by atoms with Crippen LogP contribution in [0.3, 0.4) is 0 Å². The molecule has 2 aromatic rings. The molecule has 2 rings (SSSR count). The minimum atomic E-state index is -0.0441. The fourth-order valence-electron chi connectivity index (χ4n) is 1.44. The first kappa shape index (κ1) is 17.5. The molecule has 0 bridgehead atoms. The van der Waals surface area contributed by atoms with E-state index in [1.165, 1.54) is 0 Å². The summed E-state index contributed by atoms with van der Waals surface area (Å²) in [6.45, 7) is 0. The number of benzene rings is 2. The molecule has 0 aliphatic rings. The number of nitrogens with one attached hydrogen (secondary N) is 2. The zero-order valence-electron chi connectivity index (χ0n) is 10.5. The molecule has 0 radical (unpaired) electrons. The Morgan fingerprint density at radius 1 is 0.750 bits per heavy atom. The molecular formula is C15H13ClN2O2. The molecule has 0 saturated heterocycles. The molecule has 4 nitrogen and oxygen atoms in total. The zero-order chi connectivity index (χ0) is 15.2. The van der Waals surface area contributed by atoms with Crippen LogP contribution in [0.25, 0.3) is 0 Å². The van der Waals surface area contributed by atoms with E-state index < -0.39 is 0 Å². The molecule has 0 fully saturated rings. The Labute approximate surface area is 122 Å². The molecule has 20 heavy (non-hydrogen) atoms. The van der Waals surface area contributed by atoms with Crippen molar-refractivity contribution < 1.29 is 9.59 Å². The number of rotatable bonds is 2. The average molecular weight is 289 g/mol. The number of isocyanates is 2. The third-order valence-electron chi connectivity index (χ3n) is 2.18. The highest BCUT2D eigenvalue weighted by Gasteiger charge is 2.08. The Kier molecular flexibility index (Phi) is 10.1. The second kappa shape index (κ2) is 11.6. The summed E-state index contributed by atoms with van der Waals surface area (Å²) in [5.74, 6) is 0. The van der Waals surface area contributed by atoms with E-state index in [1.807, 2.05) is 60.7 Å². The lowest BCUT2D eigenvalue weighted by atomic mass is 10.0. The van der Waals surface area contributed by atoms with Gasteiger partial charge in [-0.3, -0.25) is 0 Å². The monoisotopic (exact) mass is 288 g/mol. The van der Waals surface area contributed by atoms with E-state index in [2.05, 4.69) is 0 Å². The van der Waals surface area contributed by atoms with Crippen molar-refractivity contribution in [3.63, 3.8) is 0 Å². The maximum absolute atomic E-state index is 8.35. The van der Waals surface area contributed by atoms with Gasteiger partial charge in [0.05, 0.1) is 5.38 Å². The van der Waals surface area contributed by atoms with Crippen molar-refractivity contribution in [1.29, 1.82) is 10.8 Å². The number of alkyl halides is 1. The predicted octanol–water partition coefficient (Wildman–Crippen LogP) is 3.82. The van der Waals surface area contributed by atoms with Gasteiger partial charge in [-0.1, -0.05) is 60.7 Å². The van der Waals surface area contributed by atoms with Gasteiger partial charge in [0.15, 0.2) is 0 Å². The van der Waals surface area contributed by atoms with E-state index in [0.717, 1.165) is 23.3 Å². The lowest BCUT2D eigenvalue weighted by molar-refractivity contribution is 0.562. The molecule has 0 aliphatic carbocycles. The highest BCUT2D eigenvalue weighted by molar-refractivity contribution is 6.22. The molecule has 0 aromatic heterocycles. The van der Waals surface area contributed by atoms with Gasteiger partial charge in [-0.15, -0.1) is 11.6 Å².